The maximum atomic E-state index is 11.5. The van der Waals surface area contributed by atoms with Crippen LogP contribution in [0.25, 0.3) is 0 Å². The Morgan fingerprint density at radius 1 is 1.20 bits per heavy atom. The van der Waals surface area contributed by atoms with Gasteiger partial charge in [0.2, 0.25) is 0 Å². The Kier molecular flexibility index (Phi) is 5.00. The van der Waals surface area contributed by atoms with E-state index in [2.05, 4.69) is 59.1 Å². The molecule has 0 spiro atoms. The SMILES string of the molecule is COC(=O)c1cccc(NC(C)c2ccc(I)cc2)c1. The van der Waals surface area contributed by atoms with Crippen molar-refractivity contribution in [1.29, 1.82) is 0 Å². The van der Waals surface area contributed by atoms with Gasteiger partial charge in [0, 0.05) is 15.3 Å². The van der Waals surface area contributed by atoms with Crippen LogP contribution in [0.1, 0.15) is 28.9 Å². The highest BCUT2D eigenvalue weighted by atomic mass is 127. The summed E-state index contributed by atoms with van der Waals surface area (Å²) in [6.07, 6.45) is 0. The average molecular weight is 381 g/mol. The molecule has 1 N–H and O–H groups in total. The van der Waals surface area contributed by atoms with E-state index in [9.17, 15) is 4.79 Å². The molecule has 1 atom stereocenters. The first-order valence-electron chi connectivity index (χ1n) is 6.30. The monoisotopic (exact) mass is 381 g/mol. The van der Waals surface area contributed by atoms with Gasteiger partial charge in [-0.1, -0.05) is 18.2 Å². The van der Waals surface area contributed by atoms with Crippen molar-refractivity contribution >= 4 is 34.2 Å². The molecule has 0 aliphatic carbocycles. The number of carbonyl (C=O) groups is 1. The van der Waals surface area contributed by atoms with Gasteiger partial charge in [0.05, 0.1) is 12.7 Å². The van der Waals surface area contributed by atoms with Crippen LogP contribution in [-0.4, -0.2) is 13.1 Å². The second kappa shape index (κ2) is 6.74. The van der Waals surface area contributed by atoms with Crippen LogP contribution in [-0.2, 0) is 4.74 Å². The van der Waals surface area contributed by atoms with Crippen molar-refractivity contribution in [3.63, 3.8) is 0 Å². The van der Waals surface area contributed by atoms with Crippen LogP contribution in [0.15, 0.2) is 48.5 Å². The molecule has 0 aliphatic rings. The molecule has 2 rings (SSSR count). The van der Waals surface area contributed by atoms with E-state index in [-0.39, 0.29) is 12.0 Å². The molecule has 0 bridgehead atoms. The van der Waals surface area contributed by atoms with E-state index in [4.69, 9.17) is 4.74 Å². The molecule has 1 unspecified atom stereocenters. The van der Waals surface area contributed by atoms with Gasteiger partial charge in [-0.05, 0) is 65.4 Å². The van der Waals surface area contributed by atoms with E-state index in [0.717, 1.165) is 5.69 Å². The third-order valence-corrected chi connectivity index (χ3v) is 3.76. The molecule has 3 nitrogen and oxygen atoms in total. The number of rotatable bonds is 4. The van der Waals surface area contributed by atoms with Gasteiger partial charge in [-0.25, -0.2) is 4.79 Å². The summed E-state index contributed by atoms with van der Waals surface area (Å²) in [6.45, 7) is 2.09. The van der Waals surface area contributed by atoms with Crippen LogP contribution in [0.2, 0.25) is 0 Å². The Morgan fingerprint density at radius 2 is 1.90 bits per heavy atom. The smallest absolute Gasteiger partial charge is 0.337 e. The molecule has 0 amide bonds. The number of carbonyl (C=O) groups excluding carboxylic acids is 1. The van der Waals surface area contributed by atoms with Crippen LogP contribution in [0.5, 0.6) is 0 Å². The fourth-order valence-corrected chi connectivity index (χ4v) is 2.30. The predicted octanol–water partition coefficient (Wildman–Crippen LogP) is 4.25. The van der Waals surface area contributed by atoms with Gasteiger partial charge in [-0.15, -0.1) is 0 Å². The van der Waals surface area contributed by atoms with Gasteiger partial charge in [0.25, 0.3) is 0 Å². The Hall–Kier alpha value is -1.56. The minimum Gasteiger partial charge on any atom is -0.465 e. The number of methoxy groups -OCH3 is 1. The molecule has 0 aliphatic heterocycles. The summed E-state index contributed by atoms with van der Waals surface area (Å²) in [5.41, 5.74) is 2.65. The lowest BCUT2D eigenvalue weighted by atomic mass is 10.1. The standard InChI is InChI=1S/C16H16INO2/c1-11(12-6-8-14(17)9-7-12)18-15-5-3-4-13(10-15)16(19)20-2/h3-11,18H,1-2H3. The van der Waals surface area contributed by atoms with Crippen molar-refractivity contribution in [2.24, 2.45) is 0 Å². The molecule has 4 heteroatoms. The fraction of sp³-hybridized carbons (Fsp3) is 0.188. The average Bonchev–Trinajstić information content (AvgIpc) is 2.47. The molecular weight excluding hydrogens is 365 g/mol. The molecule has 2 aromatic carbocycles. The lowest BCUT2D eigenvalue weighted by molar-refractivity contribution is 0.0601. The zero-order chi connectivity index (χ0) is 14.5. The molecule has 20 heavy (non-hydrogen) atoms. The molecule has 0 aromatic heterocycles. The topological polar surface area (TPSA) is 38.3 Å². The van der Waals surface area contributed by atoms with Gasteiger partial charge in [0.15, 0.2) is 0 Å². The largest absolute Gasteiger partial charge is 0.465 e. The third kappa shape index (κ3) is 3.72. The molecule has 0 saturated heterocycles. The number of halogens is 1. The second-order valence-corrected chi connectivity index (χ2v) is 5.74. The Bertz CT molecular complexity index is 596. The summed E-state index contributed by atoms with van der Waals surface area (Å²) < 4.78 is 5.94. The molecule has 0 radical (unpaired) electrons. The normalized spacial score (nSPS) is 11.8. The molecule has 0 saturated carbocycles. The molecule has 104 valence electrons. The maximum Gasteiger partial charge on any atom is 0.337 e. The molecular formula is C16H16INO2. The van der Waals surface area contributed by atoms with E-state index in [0.29, 0.717) is 5.56 Å². The predicted molar refractivity (Wildman–Crippen MR) is 89.0 cm³/mol. The zero-order valence-corrected chi connectivity index (χ0v) is 13.5. The van der Waals surface area contributed by atoms with Crippen LogP contribution < -0.4 is 5.32 Å². The zero-order valence-electron chi connectivity index (χ0n) is 11.4. The number of hydrogen-bond acceptors (Lipinski definition) is 3. The highest BCUT2D eigenvalue weighted by molar-refractivity contribution is 14.1. The highest BCUT2D eigenvalue weighted by Gasteiger charge is 2.08. The maximum absolute atomic E-state index is 11.5. The molecule has 0 heterocycles. The van der Waals surface area contributed by atoms with Crippen molar-refractivity contribution in [3.8, 4) is 0 Å². The van der Waals surface area contributed by atoms with Crippen molar-refractivity contribution < 1.29 is 9.53 Å². The number of hydrogen-bond donors (Lipinski definition) is 1. The van der Waals surface area contributed by atoms with Gasteiger partial charge in [-0.2, -0.15) is 0 Å². The number of benzene rings is 2. The Labute approximate surface area is 132 Å². The highest BCUT2D eigenvalue weighted by Crippen LogP contribution is 2.21. The summed E-state index contributed by atoms with van der Waals surface area (Å²) in [7, 11) is 1.39. The van der Waals surface area contributed by atoms with Gasteiger partial charge in [-0.3, -0.25) is 0 Å². The summed E-state index contributed by atoms with van der Waals surface area (Å²) in [5, 5.41) is 3.39. The minimum atomic E-state index is -0.324. The molecule has 2 aromatic rings. The lowest BCUT2D eigenvalue weighted by Crippen LogP contribution is -2.08. The van der Waals surface area contributed by atoms with E-state index in [1.165, 1.54) is 16.2 Å². The minimum absolute atomic E-state index is 0.167. The fourth-order valence-electron chi connectivity index (χ4n) is 1.94. The van der Waals surface area contributed by atoms with Gasteiger partial charge in [0.1, 0.15) is 0 Å². The third-order valence-electron chi connectivity index (χ3n) is 3.04. The summed E-state index contributed by atoms with van der Waals surface area (Å²) in [6, 6.07) is 15.9. The van der Waals surface area contributed by atoms with E-state index >= 15 is 0 Å². The van der Waals surface area contributed by atoms with Crippen molar-refractivity contribution in [1.82, 2.24) is 0 Å². The van der Waals surface area contributed by atoms with Crippen molar-refractivity contribution in [2.45, 2.75) is 13.0 Å². The summed E-state index contributed by atoms with van der Waals surface area (Å²) >= 11 is 2.29. The van der Waals surface area contributed by atoms with E-state index in [1.54, 1.807) is 12.1 Å². The number of esters is 1. The number of ether oxygens (including phenoxy) is 1. The summed E-state index contributed by atoms with van der Waals surface area (Å²) in [4.78, 5) is 11.5. The van der Waals surface area contributed by atoms with Gasteiger partial charge >= 0.3 is 5.97 Å². The van der Waals surface area contributed by atoms with Crippen molar-refractivity contribution in [2.75, 3.05) is 12.4 Å². The number of nitrogens with one attached hydrogen (secondary N) is 1. The number of anilines is 1. The summed E-state index contributed by atoms with van der Waals surface area (Å²) in [5.74, 6) is -0.324. The van der Waals surface area contributed by atoms with Crippen LogP contribution in [0.3, 0.4) is 0 Å². The first-order chi connectivity index (χ1) is 9.60. The first-order valence-corrected chi connectivity index (χ1v) is 7.38. The second-order valence-electron chi connectivity index (χ2n) is 4.49. The Morgan fingerprint density at radius 3 is 2.55 bits per heavy atom. The van der Waals surface area contributed by atoms with Crippen LogP contribution in [0.4, 0.5) is 5.69 Å². The van der Waals surface area contributed by atoms with Gasteiger partial charge < -0.3 is 10.1 Å². The van der Waals surface area contributed by atoms with Crippen LogP contribution in [0, 0.1) is 3.57 Å². The quantitative estimate of drug-likeness (QED) is 0.636. The Balaban J connectivity index is 2.13. The van der Waals surface area contributed by atoms with E-state index < -0.39 is 0 Å². The lowest BCUT2D eigenvalue weighted by Gasteiger charge is -2.16. The van der Waals surface area contributed by atoms with E-state index in [1.807, 2.05) is 12.1 Å². The molecule has 0 fully saturated rings. The van der Waals surface area contributed by atoms with Crippen LogP contribution >= 0.6 is 22.6 Å². The van der Waals surface area contributed by atoms with Crippen molar-refractivity contribution in [3.05, 3.63) is 63.2 Å². The first kappa shape index (κ1) is 14.8.